The van der Waals surface area contributed by atoms with Crippen molar-refractivity contribution in [2.45, 2.75) is 0 Å². The molecular formula is C15H9ClS2. The molecule has 3 rings (SSSR count). The Labute approximate surface area is 119 Å². The molecule has 0 atom stereocenters. The summed E-state index contributed by atoms with van der Waals surface area (Å²) in [6, 6.07) is 16.2. The molecule has 0 unspecified atom stereocenters. The minimum atomic E-state index is 0.756. The van der Waals surface area contributed by atoms with Crippen molar-refractivity contribution >= 4 is 45.9 Å². The molecule has 0 nitrogen and oxygen atoms in total. The first-order valence-electron chi connectivity index (χ1n) is 5.52. The van der Waals surface area contributed by atoms with Crippen LogP contribution in [0.4, 0.5) is 0 Å². The first-order chi connectivity index (χ1) is 8.75. The quantitative estimate of drug-likeness (QED) is 0.499. The van der Waals surface area contributed by atoms with Gasteiger partial charge in [-0.15, -0.1) is 11.3 Å². The Kier molecular flexibility index (Phi) is 3.16. The summed E-state index contributed by atoms with van der Waals surface area (Å²) in [6.07, 6.45) is 0. The predicted octanol–water partition coefficient (Wildman–Crippen LogP) is 5.95. The zero-order valence-electron chi connectivity index (χ0n) is 9.39. The molecule has 88 valence electrons. The average Bonchev–Trinajstić information content (AvgIpc) is 2.41. The van der Waals surface area contributed by atoms with E-state index < -0.39 is 0 Å². The van der Waals surface area contributed by atoms with Crippen molar-refractivity contribution in [3.8, 4) is 11.1 Å². The highest BCUT2D eigenvalue weighted by Crippen LogP contribution is 2.31. The van der Waals surface area contributed by atoms with Crippen molar-refractivity contribution in [2.75, 3.05) is 0 Å². The summed E-state index contributed by atoms with van der Waals surface area (Å²) in [7, 11) is 0. The number of hydrogen-bond donors (Lipinski definition) is 0. The molecule has 0 saturated heterocycles. The van der Waals surface area contributed by atoms with Crippen LogP contribution in [0, 0.1) is 3.82 Å². The summed E-state index contributed by atoms with van der Waals surface area (Å²) < 4.78 is 0.934. The maximum absolute atomic E-state index is 5.93. The molecule has 1 aromatic heterocycles. The van der Waals surface area contributed by atoms with E-state index in [4.69, 9.17) is 23.8 Å². The zero-order valence-corrected chi connectivity index (χ0v) is 11.8. The number of rotatable bonds is 1. The average molecular weight is 289 g/mol. The lowest BCUT2D eigenvalue weighted by Gasteiger charge is -2.06. The lowest BCUT2D eigenvalue weighted by atomic mass is 10.0. The van der Waals surface area contributed by atoms with Gasteiger partial charge in [0.15, 0.2) is 0 Å². The number of fused-ring (bicyclic) bond motifs is 1. The number of halogens is 1. The SMILES string of the molecule is S=c1scc(-c2ccc(Cl)cc2)c2ccccc12. The van der Waals surface area contributed by atoms with Crippen LogP contribution in [0.25, 0.3) is 21.9 Å². The summed E-state index contributed by atoms with van der Waals surface area (Å²) >= 11 is 12.9. The van der Waals surface area contributed by atoms with Crippen LogP contribution in [0.15, 0.2) is 53.9 Å². The Morgan fingerprint density at radius 1 is 0.889 bits per heavy atom. The molecule has 18 heavy (non-hydrogen) atoms. The summed E-state index contributed by atoms with van der Waals surface area (Å²) in [4.78, 5) is 0. The third-order valence-corrected chi connectivity index (χ3v) is 4.42. The van der Waals surface area contributed by atoms with E-state index in [-0.39, 0.29) is 0 Å². The first kappa shape index (κ1) is 11.8. The van der Waals surface area contributed by atoms with E-state index in [9.17, 15) is 0 Å². The highest BCUT2D eigenvalue weighted by atomic mass is 35.5. The number of hydrogen-bond acceptors (Lipinski definition) is 2. The Bertz CT molecular complexity index is 757. The Morgan fingerprint density at radius 2 is 1.56 bits per heavy atom. The molecule has 0 spiro atoms. The molecule has 3 heteroatoms. The second-order valence-corrected chi connectivity index (χ2v) is 5.97. The molecule has 1 heterocycles. The molecule has 0 N–H and O–H groups in total. The lowest BCUT2D eigenvalue weighted by molar-refractivity contribution is 1.68. The fraction of sp³-hybridized carbons (Fsp3) is 0. The van der Waals surface area contributed by atoms with Crippen LogP contribution in [0.2, 0.25) is 5.02 Å². The fourth-order valence-electron chi connectivity index (χ4n) is 1.99. The summed E-state index contributed by atoms with van der Waals surface area (Å²) in [6.45, 7) is 0. The van der Waals surface area contributed by atoms with E-state index in [1.807, 2.05) is 36.4 Å². The summed E-state index contributed by atoms with van der Waals surface area (Å²) in [5.74, 6) is 0. The van der Waals surface area contributed by atoms with E-state index in [0.717, 1.165) is 14.2 Å². The molecule has 0 bridgehead atoms. The smallest absolute Gasteiger partial charge is 0.0978 e. The third kappa shape index (κ3) is 2.07. The van der Waals surface area contributed by atoms with Crippen LogP contribution >= 0.6 is 35.2 Å². The molecule has 3 aromatic rings. The maximum atomic E-state index is 5.93. The normalized spacial score (nSPS) is 10.7. The predicted molar refractivity (Wildman–Crippen MR) is 83.1 cm³/mol. The standard InChI is InChI=1S/C15H9ClS2/c16-11-7-5-10(6-8-11)14-9-18-15(17)13-4-2-1-3-12(13)14/h1-9H. The topological polar surface area (TPSA) is 0 Å². The highest BCUT2D eigenvalue weighted by molar-refractivity contribution is 7.73. The van der Waals surface area contributed by atoms with Gasteiger partial charge < -0.3 is 0 Å². The van der Waals surface area contributed by atoms with E-state index >= 15 is 0 Å². The van der Waals surface area contributed by atoms with Gasteiger partial charge in [-0.3, -0.25) is 0 Å². The fourth-order valence-corrected chi connectivity index (χ4v) is 3.23. The molecule has 2 aromatic carbocycles. The van der Waals surface area contributed by atoms with Gasteiger partial charge in [0.25, 0.3) is 0 Å². The molecule has 0 aliphatic rings. The van der Waals surface area contributed by atoms with E-state index in [1.54, 1.807) is 11.3 Å². The van der Waals surface area contributed by atoms with E-state index in [1.165, 1.54) is 16.5 Å². The van der Waals surface area contributed by atoms with Crippen LogP contribution in [-0.4, -0.2) is 0 Å². The molecule has 0 aliphatic heterocycles. The van der Waals surface area contributed by atoms with E-state index in [2.05, 4.69) is 17.5 Å². The van der Waals surface area contributed by atoms with Gasteiger partial charge in [-0.25, -0.2) is 0 Å². The van der Waals surface area contributed by atoms with Gasteiger partial charge in [-0.2, -0.15) is 0 Å². The van der Waals surface area contributed by atoms with Crippen molar-refractivity contribution in [3.63, 3.8) is 0 Å². The Hall–Kier alpha value is -1.22. The maximum Gasteiger partial charge on any atom is 0.0978 e. The van der Waals surface area contributed by atoms with E-state index in [0.29, 0.717) is 0 Å². The van der Waals surface area contributed by atoms with Crippen molar-refractivity contribution in [1.82, 2.24) is 0 Å². The van der Waals surface area contributed by atoms with Crippen LogP contribution < -0.4 is 0 Å². The van der Waals surface area contributed by atoms with Gasteiger partial charge in [0.1, 0.15) is 0 Å². The van der Waals surface area contributed by atoms with Gasteiger partial charge in [0.2, 0.25) is 0 Å². The van der Waals surface area contributed by atoms with Crippen LogP contribution in [0.5, 0.6) is 0 Å². The van der Waals surface area contributed by atoms with Gasteiger partial charge in [-0.05, 0) is 28.6 Å². The minimum absolute atomic E-state index is 0.756. The van der Waals surface area contributed by atoms with Crippen molar-refractivity contribution in [3.05, 3.63) is 62.8 Å². The van der Waals surface area contributed by atoms with Crippen LogP contribution in [-0.2, 0) is 0 Å². The monoisotopic (exact) mass is 288 g/mol. The van der Waals surface area contributed by atoms with Crippen LogP contribution in [0.3, 0.4) is 0 Å². The highest BCUT2D eigenvalue weighted by Gasteiger charge is 2.04. The van der Waals surface area contributed by atoms with Crippen molar-refractivity contribution in [2.24, 2.45) is 0 Å². The van der Waals surface area contributed by atoms with Gasteiger partial charge in [0.05, 0.1) is 3.82 Å². The molecule has 0 fully saturated rings. The van der Waals surface area contributed by atoms with Crippen LogP contribution in [0.1, 0.15) is 0 Å². The number of benzene rings is 2. The zero-order chi connectivity index (χ0) is 12.5. The summed E-state index contributed by atoms with van der Waals surface area (Å²) in [5, 5.41) is 5.22. The van der Waals surface area contributed by atoms with Crippen molar-refractivity contribution in [1.29, 1.82) is 0 Å². The molecule has 0 amide bonds. The van der Waals surface area contributed by atoms with Gasteiger partial charge in [0, 0.05) is 15.8 Å². The summed E-state index contributed by atoms with van der Waals surface area (Å²) in [5.41, 5.74) is 2.38. The largest absolute Gasteiger partial charge is 0.131 e. The molecule has 0 aliphatic carbocycles. The minimum Gasteiger partial charge on any atom is -0.131 e. The van der Waals surface area contributed by atoms with Crippen molar-refractivity contribution < 1.29 is 0 Å². The lowest BCUT2D eigenvalue weighted by Crippen LogP contribution is -1.80. The first-order valence-corrected chi connectivity index (χ1v) is 7.19. The second-order valence-electron chi connectivity index (χ2n) is 3.99. The molecule has 0 saturated carbocycles. The van der Waals surface area contributed by atoms with Gasteiger partial charge >= 0.3 is 0 Å². The Morgan fingerprint density at radius 3 is 2.28 bits per heavy atom. The molecular weight excluding hydrogens is 280 g/mol. The molecule has 0 radical (unpaired) electrons. The van der Waals surface area contributed by atoms with Gasteiger partial charge in [-0.1, -0.05) is 60.2 Å². The second kappa shape index (κ2) is 4.81. The third-order valence-electron chi connectivity index (χ3n) is 2.88. The Balaban J connectivity index is 2.33.